The second-order valence-electron chi connectivity index (χ2n) is 3.06. The molecule has 0 amide bonds. The number of carbonyl (C=O) groups excluding carboxylic acids is 1. The van der Waals surface area contributed by atoms with Crippen molar-refractivity contribution in [2.75, 3.05) is 12.9 Å². The highest BCUT2D eigenvalue weighted by molar-refractivity contribution is 7.98. The fraction of sp³-hybridized carbons (Fsp3) is 0.182. The van der Waals surface area contributed by atoms with E-state index < -0.39 is 10.9 Å². The number of thioether (sulfide) groups is 1. The summed E-state index contributed by atoms with van der Waals surface area (Å²) in [5.74, 6) is -0.594. The van der Waals surface area contributed by atoms with Gasteiger partial charge in [0.25, 0.3) is 5.69 Å². The van der Waals surface area contributed by atoms with Gasteiger partial charge in [-0.05, 0) is 12.3 Å². The van der Waals surface area contributed by atoms with Gasteiger partial charge < -0.3 is 4.74 Å². The summed E-state index contributed by atoms with van der Waals surface area (Å²) >= 11 is 1.32. The second kappa shape index (κ2) is 6.05. The van der Waals surface area contributed by atoms with Gasteiger partial charge >= 0.3 is 5.97 Å². The van der Waals surface area contributed by atoms with Crippen LogP contribution in [0.4, 0.5) is 5.69 Å². The van der Waals surface area contributed by atoms with Crippen LogP contribution in [0.25, 0.3) is 0 Å². The minimum atomic E-state index is -0.594. The third-order valence-electron chi connectivity index (χ3n) is 1.91. The Kier molecular flexibility index (Phi) is 4.71. The number of benzene rings is 1. The molecule has 6 heteroatoms. The SMILES string of the molecule is C=CCOC(=O)c1cc(SC)cc([N+](=O)[O-])c1. The van der Waals surface area contributed by atoms with Crippen molar-refractivity contribution in [3.05, 3.63) is 46.5 Å². The van der Waals surface area contributed by atoms with Crippen molar-refractivity contribution in [1.29, 1.82) is 0 Å². The van der Waals surface area contributed by atoms with Gasteiger partial charge in [0.2, 0.25) is 0 Å². The van der Waals surface area contributed by atoms with Crippen LogP contribution < -0.4 is 0 Å². The highest BCUT2D eigenvalue weighted by atomic mass is 32.2. The van der Waals surface area contributed by atoms with Crippen molar-refractivity contribution in [2.45, 2.75) is 4.90 Å². The lowest BCUT2D eigenvalue weighted by Gasteiger charge is -2.04. The van der Waals surface area contributed by atoms with Gasteiger partial charge in [-0.15, -0.1) is 11.8 Å². The number of hydrogen-bond acceptors (Lipinski definition) is 5. The molecule has 1 aromatic carbocycles. The van der Waals surface area contributed by atoms with Gasteiger partial charge in [0.05, 0.1) is 10.5 Å². The number of nitrogens with zero attached hydrogens (tertiary/aromatic N) is 1. The molecule has 0 aromatic heterocycles. The van der Waals surface area contributed by atoms with Crippen molar-refractivity contribution in [1.82, 2.24) is 0 Å². The van der Waals surface area contributed by atoms with Crippen LogP contribution in [0.3, 0.4) is 0 Å². The molecule has 0 saturated heterocycles. The topological polar surface area (TPSA) is 69.4 Å². The maximum absolute atomic E-state index is 11.5. The molecule has 0 atom stereocenters. The van der Waals surface area contributed by atoms with Crippen molar-refractivity contribution in [2.24, 2.45) is 0 Å². The summed E-state index contributed by atoms with van der Waals surface area (Å²) in [7, 11) is 0. The van der Waals surface area contributed by atoms with Gasteiger partial charge in [-0.3, -0.25) is 10.1 Å². The van der Waals surface area contributed by atoms with Crippen molar-refractivity contribution < 1.29 is 14.5 Å². The van der Waals surface area contributed by atoms with E-state index in [1.165, 1.54) is 30.0 Å². The molecule has 0 heterocycles. The van der Waals surface area contributed by atoms with Crippen molar-refractivity contribution in [3.63, 3.8) is 0 Å². The molecule has 5 nitrogen and oxygen atoms in total. The van der Waals surface area contributed by atoms with Crippen molar-refractivity contribution >= 4 is 23.4 Å². The van der Waals surface area contributed by atoms with E-state index >= 15 is 0 Å². The van der Waals surface area contributed by atoms with Crippen LogP contribution in [0.15, 0.2) is 35.7 Å². The molecule has 0 bridgehead atoms. The van der Waals surface area contributed by atoms with Crippen molar-refractivity contribution in [3.8, 4) is 0 Å². The fourth-order valence-electron chi connectivity index (χ4n) is 1.14. The third kappa shape index (κ3) is 3.60. The molecule has 0 N–H and O–H groups in total. The number of ether oxygens (including phenoxy) is 1. The summed E-state index contributed by atoms with van der Waals surface area (Å²) < 4.78 is 4.82. The average Bonchev–Trinajstić information content (AvgIpc) is 2.35. The molecule has 17 heavy (non-hydrogen) atoms. The standard InChI is InChI=1S/C11H11NO4S/c1-3-4-16-11(13)8-5-9(12(14)15)7-10(6-8)17-2/h3,5-7H,1,4H2,2H3. The Labute approximate surface area is 103 Å². The van der Waals surface area contributed by atoms with E-state index in [1.54, 1.807) is 12.3 Å². The molecular formula is C11H11NO4S. The monoisotopic (exact) mass is 253 g/mol. The maximum atomic E-state index is 11.5. The molecule has 0 aliphatic rings. The molecule has 0 spiro atoms. The Hall–Kier alpha value is -1.82. The van der Waals surface area contributed by atoms with Gasteiger partial charge in [-0.2, -0.15) is 0 Å². The third-order valence-corrected chi connectivity index (χ3v) is 2.61. The van der Waals surface area contributed by atoms with E-state index in [2.05, 4.69) is 6.58 Å². The van der Waals surface area contributed by atoms with Crippen LogP contribution in [0, 0.1) is 10.1 Å². The number of hydrogen-bond donors (Lipinski definition) is 0. The summed E-state index contributed by atoms with van der Waals surface area (Å²) in [4.78, 5) is 22.3. The maximum Gasteiger partial charge on any atom is 0.338 e. The van der Waals surface area contributed by atoms with Crippen LogP contribution in [0.1, 0.15) is 10.4 Å². The molecule has 0 radical (unpaired) electrons. The van der Waals surface area contributed by atoms with Gasteiger partial charge in [-0.25, -0.2) is 4.79 Å². The van der Waals surface area contributed by atoms with Gasteiger partial charge in [-0.1, -0.05) is 12.7 Å². The lowest BCUT2D eigenvalue weighted by molar-refractivity contribution is -0.385. The molecule has 0 fully saturated rings. The summed E-state index contributed by atoms with van der Waals surface area (Å²) in [5, 5.41) is 10.7. The first-order valence-corrected chi connectivity index (χ1v) is 5.92. The zero-order valence-electron chi connectivity index (χ0n) is 9.21. The van der Waals surface area contributed by atoms with Crippen LogP contribution in [-0.2, 0) is 4.74 Å². The number of nitro benzene ring substituents is 1. The van der Waals surface area contributed by atoms with E-state index in [9.17, 15) is 14.9 Å². The Bertz CT molecular complexity index is 459. The van der Waals surface area contributed by atoms with Crippen LogP contribution in [0.5, 0.6) is 0 Å². The van der Waals surface area contributed by atoms with Gasteiger partial charge in [0, 0.05) is 17.0 Å². The molecule has 1 rings (SSSR count). The number of nitro groups is 1. The first-order chi connectivity index (χ1) is 8.08. The van der Waals surface area contributed by atoms with E-state index in [4.69, 9.17) is 4.74 Å². The predicted octanol–water partition coefficient (Wildman–Crippen LogP) is 2.66. The number of carbonyl (C=O) groups is 1. The molecule has 0 aliphatic heterocycles. The minimum Gasteiger partial charge on any atom is -0.458 e. The lowest BCUT2D eigenvalue weighted by atomic mass is 10.2. The molecule has 0 saturated carbocycles. The first-order valence-electron chi connectivity index (χ1n) is 4.70. The number of non-ortho nitro benzene ring substituents is 1. The largest absolute Gasteiger partial charge is 0.458 e. The van der Waals surface area contributed by atoms with Crippen LogP contribution in [0.2, 0.25) is 0 Å². The highest BCUT2D eigenvalue weighted by Gasteiger charge is 2.14. The normalized spacial score (nSPS) is 9.71. The smallest absolute Gasteiger partial charge is 0.338 e. The van der Waals surface area contributed by atoms with E-state index in [0.29, 0.717) is 4.90 Å². The molecule has 0 aliphatic carbocycles. The van der Waals surface area contributed by atoms with Crippen LogP contribution in [-0.4, -0.2) is 23.8 Å². The first kappa shape index (κ1) is 13.2. The predicted molar refractivity (Wildman–Crippen MR) is 65.4 cm³/mol. The van der Waals surface area contributed by atoms with E-state index in [-0.39, 0.29) is 17.9 Å². The average molecular weight is 253 g/mol. The summed E-state index contributed by atoms with van der Waals surface area (Å²) in [6, 6.07) is 4.17. The highest BCUT2D eigenvalue weighted by Crippen LogP contribution is 2.24. The molecule has 0 unspecified atom stereocenters. The van der Waals surface area contributed by atoms with E-state index in [1.807, 2.05) is 0 Å². The minimum absolute atomic E-state index is 0.0795. The lowest BCUT2D eigenvalue weighted by Crippen LogP contribution is -2.05. The Morgan fingerprint density at radius 1 is 1.59 bits per heavy atom. The van der Waals surface area contributed by atoms with E-state index in [0.717, 1.165) is 0 Å². The zero-order valence-corrected chi connectivity index (χ0v) is 10.0. The van der Waals surface area contributed by atoms with Gasteiger partial charge in [0.15, 0.2) is 0 Å². The summed E-state index contributed by atoms with van der Waals surface area (Å²) in [5.41, 5.74) is 0.0489. The Morgan fingerprint density at radius 2 is 2.29 bits per heavy atom. The quantitative estimate of drug-likeness (QED) is 0.265. The molecule has 1 aromatic rings. The zero-order chi connectivity index (χ0) is 12.8. The van der Waals surface area contributed by atoms with Crippen LogP contribution >= 0.6 is 11.8 Å². The van der Waals surface area contributed by atoms with Gasteiger partial charge in [0.1, 0.15) is 6.61 Å². The Balaban J connectivity index is 3.05. The Morgan fingerprint density at radius 3 is 2.82 bits per heavy atom. The number of esters is 1. The number of rotatable bonds is 5. The fourth-order valence-corrected chi connectivity index (χ4v) is 1.63. The summed E-state index contributed by atoms with van der Waals surface area (Å²) in [6.07, 6.45) is 3.21. The molecule has 90 valence electrons. The summed E-state index contributed by atoms with van der Waals surface area (Å²) in [6.45, 7) is 3.50. The second-order valence-corrected chi connectivity index (χ2v) is 3.94. The molecular weight excluding hydrogens is 242 g/mol.